The Morgan fingerprint density at radius 3 is 2.60 bits per heavy atom. The molecular weight excluding hydrogens is 256 g/mol. The standard InChI is InChI=1S/C15H24N2O3/c1-11-6-9-17(16-8-7-15(2,3)4)14(19)12(11)10-13(18)20-5/h6,9,16H,7-8,10H2,1-5H3. The quantitative estimate of drug-likeness (QED) is 0.836. The molecular formula is C15H24N2O3. The number of nitrogens with zero attached hydrogens (tertiary/aromatic N) is 1. The van der Waals surface area contributed by atoms with Gasteiger partial charge in [-0.2, -0.15) is 0 Å². The van der Waals surface area contributed by atoms with E-state index < -0.39 is 5.97 Å². The molecule has 0 aromatic carbocycles. The predicted molar refractivity (Wildman–Crippen MR) is 79.5 cm³/mol. The Labute approximate surface area is 119 Å². The van der Waals surface area contributed by atoms with Crippen molar-refractivity contribution in [2.24, 2.45) is 5.41 Å². The molecule has 0 spiro atoms. The van der Waals surface area contributed by atoms with Crippen LogP contribution in [0.3, 0.4) is 0 Å². The van der Waals surface area contributed by atoms with Crippen molar-refractivity contribution >= 4 is 5.97 Å². The molecule has 0 saturated carbocycles. The zero-order chi connectivity index (χ0) is 15.3. The zero-order valence-electron chi connectivity index (χ0n) is 12.9. The highest BCUT2D eigenvalue weighted by molar-refractivity contribution is 5.72. The molecule has 1 N–H and O–H groups in total. The number of pyridine rings is 1. The van der Waals surface area contributed by atoms with E-state index in [2.05, 4.69) is 30.9 Å². The van der Waals surface area contributed by atoms with Gasteiger partial charge in [0.1, 0.15) is 0 Å². The van der Waals surface area contributed by atoms with Gasteiger partial charge in [-0.3, -0.25) is 9.59 Å². The fourth-order valence-corrected chi connectivity index (χ4v) is 1.78. The summed E-state index contributed by atoms with van der Waals surface area (Å²) in [4.78, 5) is 23.6. The number of aryl methyl sites for hydroxylation is 1. The Kier molecular flexibility index (Phi) is 5.36. The Bertz CT molecular complexity index is 527. The number of ether oxygens (including phenoxy) is 1. The molecule has 1 aromatic rings. The molecule has 20 heavy (non-hydrogen) atoms. The SMILES string of the molecule is COC(=O)Cc1c(C)ccn(NCCC(C)(C)C)c1=O. The summed E-state index contributed by atoms with van der Waals surface area (Å²) in [5, 5.41) is 0. The monoisotopic (exact) mass is 280 g/mol. The maximum atomic E-state index is 12.3. The average molecular weight is 280 g/mol. The van der Waals surface area contributed by atoms with Gasteiger partial charge in [-0.15, -0.1) is 0 Å². The number of rotatable bonds is 5. The number of methoxy groups -OCH3 is 1. The van der Waals surface area contributed by atoms with Gasteiger partial charge < -0.3 is 10.2 Å². The first-order chi connectivity index (χ1) is 9.24. The molecule has 5 nitrogen and oxygen atoms in total. The molecule has 0 aliphatic rings. The van der Waals surface area contributed by atoms with Gasteiger partial charge in [0.25, 0.3) is 5.56 Å². The van der Waals surface area contributed by atoms with Crippen LogP contribution in [0.25, 0.3) is 0 Å². The Morgan fingerprint density at radius 1 is 1.40 bits per heavy atom. The van der Waals surface area contributed by atoms with E-state index in [-0.39, 0.29) is 17.4 Å². The first-order valence-electron chi connectivity index (χ1n) is 6.76. The predicted octanol–water partition coefficient (Wildman–Crippen LogP) is 1.85. The summed E-state index contributed by atoms with van der Waals surface area (Å²) in [5.74, 6) is -0.405. The molecule has 0 aliphatic heterocycles. The van der Waals surface area contributed by atoms with Gasteiger partial charge >= 0.3 is 5.97 Å². The van der Waals surface area contributed by atoms with Crippen molar-refractivity contribution in [2.75, 3.05) is 19.1 Å². The molecule has 0 aliphatic carbocycles. The molecule has 112 valence electrons. The molecule has 0 radical (unpaired) electrons. The van der Waals surface area contributed by atoms with Gasteiger partial charge in [-0.25, -0.2) is 4.68 Å². The average Bonchev–Trinajstić information content (AvgIpc) is 2.35. The van der Waals surface area contributed by atoms with E-state index in [1.807, 2.05) is 13.0 Å². The van der Waals surface area contributed by atoms with Crippen LogP contribution in [0.2, 0.25) is 0 Å². The third-order valence-corrected chi connectivity index (χ3v) is 3.13. The maximum Gasteiger partial charge on any atom is 0.310 e. The lowest BCUT2D eigenvalue weighted by molar-refractivity contribution is -0.139. The van der Waals surface area contributed by atoms with Crippen LogP contribution in [0, 0.1) is 12.3 Å². The van der Waals surface area contributed by atoms with Gasteiger partial charge in [-0.05, 0) is 30.4 Å². The van der Waals surface area contributed by atoms with Crippen LogP contribution in [0.1, 0.15) is 38.3 Å². The number of nitrogens with one attached hydrogen (secondary N) is 1. The van der Waals surface area contributed by atoms with Gasteiger partial charge in [-0.1, -0.05) is 20.8 Å². The smallest absolute Gasteiger partial charge is 0.310 e. The first-order valence-corrected chi connectivity index (χ1v) is 6.76. The fraction of sp³-hybridized carbons (Fsp3) is 0.600. The maximum absolute atomic E-state index is 12.3. The molecule has 0 atom stereocenters. The van der Waals surface area contributed by atoms with E-state index in [4.69, 9.17) is 0 Å². The van der Waals surface area contributed by atoms with Gasteiger partial charge in [0.05, 0.1) is 13.5 Å². The first kappa shape index (κ1) is 16.3. The third-order valence-electron chi connectivity index (χ3n) is 3.13. The Hall–Kier alpha value is -1.78. The second-order valence-electron chi connectivity index (χ2n) is 6.12. The van der Waals surface area contributed by atoms with Crippen LogP contribution in [-0.2, 0) is 16.0 Å². The summed E-state index contributed by atoms with van der Waals surface area (Å²) >= 11 is 0. The molecule has 1 heterocycles. The van der Waals surface area contributed by atoms with Crippen LogP contribution < -0.4 is 11.0 Å². The normalized spacial score (nSPS) is 11.2. The number of carbonyl (C=O) groups excluding carboxylic acids is 1. The van der Waals surface area contributed by atoms with Crippen molar-refractivity contribution in [1.82, 2.24) is 4.68 Å². The van der Waals surface area contributed by atoms with Crippen LogP contribution in [0.5, 0.6) is 0 Å². The number of esters is 1. The van der Waals surface area contributed by atoms with Crippen molar-refractivity contribution in [3.63, 3.8) is 0 Å². The summed E-state index contributed by atoms with van der Waals surface area (Å²) < 4.78 is 6.06. The number of aromatic nitrogens is 1. The molecule has 0 fully saturated rings. The van der Waals surface area contributed by atoms with E-state index in [1.165, 1.54) is 11.8 Å². The lowest BCUT2D eigenvalue weighted by Crippen LogP contribution is -2.33. The molecule has 1 aromatic heterocycles. The van der Waals surface area contributed by atoms with Gasteiger partial charge in [0.15, 0.2) is 0 Å². The summed E-state index contributed by atoms with van der Waals surface area (Å²) in [6.45, 7) is 8.96. The summed E-state index contributed by atoms with van der Waals surface area (Å²) in [6, 6.07) is 1.82. The van der Waals surface area contributed by atoms with Crippen molar-refractivity contribution in [1.29, 1.82) is 0 Å². The Morgan fingerprint density at radius 2 is 2.05 bits per heavy atom. The molecule has 0 unspecified atom stereocenters. The van der Waals surface area contributed by atoms with Crippen molar-refractivity contribution in [2.45, 2.75) is 40.5 Å². The van der Waals surface area contributed by atoms with Crippen LogP contribution >= 0.6 is 0 Å². The lowest BCUT2D eigenvalue weighted by Gasteiger charge is -2.19. The fourth-order valence-electron chi connectivity index (χ4n) is 1.78. The van der Waals surface area contributed by atoms with E-state index in [9.17, 15) is 9.59 Å². The zero-order valence-corrected chi connectivity index (χ0v) is 12.9. The molecule has 5 heteroatoms. The summed E-state index contributed by atoms with van der Waals surface area (Å²) in [7, 11) is 1.32. The Balaban J connectivity index is 2.86. The largest absolute Gasteiger partial charge is 0.469 e. The van der Waals surface area contributed by atoms with Gasteiger partial charge in [0, 0.05) is 18.3 Å². The van der Waals surface area contributed by atoms with Gasteiger partial charge in [0.2, 0.25) is 0 Å². The van der Waals surface area contributed by atoms with E-state index in [1.54, 1.807) is 6.20 Å². The van der Waals surface area contributed by atoms with Crippen LogP contribution in [-0.4, -0.2) is 24.3 Å². The molecule has 0 amide bonds. The molecule has 0 saturated heterocycles. The lowest BCUT2D eigenvalue weighted by atomic mass is 9.93. The van der Waals surface area contributed by atoms with Crippen molar-refractivity contribution in [3.8, 4) is 0 Å². The topological polar surface area (TPSA) is 60.3 Å². The van der Waals surface area contributed by atoms with Crippen molar-refractivity contribution in [3.05, 3.63) is 33.7 Å². The minimum atomic E-state index is -0.405. The highest BCUT2D eigenvalue weighted by Crippen LogP contribution is 2.17. The number of hydrogen-bond acceptors (Lipinski definition) is 4. The van der Waals surface area contributed by atoms with Crippen LogP contribution in [0.4, 0.5) is 0 Å². The minimum Gasteiger partial charge on any atom is -0.469 e. The molecule has 1 rings (SSSR count). The highest BCUT2D eigenvalue weighted by atomic mass is 16.5. The van der Waals surface area contributed by atoms with E-state index >= 15 is 0 Å². The summed E-state index contributed by atoms with van der Waals surface area (Å²) in [6.07, 6.45) is 2.64. The summed E-state index contributed by atoms with van der Waals surface area (Å²) in [5.41, 5.74) is 4.37. The second-order valence-corrected chi connectivity index (χ2v) is 6.12. The highest BCUT2D eigenvalue weighted by Gasteiger charge is 2.13. The van der Waals surface area contributed by atoms with E-state index in [0.717, 1.165) is 12.0 Å². The van der Waals surface area contributed by atoms with E-state index in [0.29, 0.717) is 12.1 Å². The second kappa shape index (κ2) is 6.59. The van der Waals surface area contributed by atoms with Crippen LogP contribution in [0.15, 0.2) is 17.1 Å². The number of carbonyl (C=O) groups is 1. The number of hydrogen-bond donors (Lipinski definition) is 1. The van der Waals surface area contributed by atoms with Crippen molar-refractivity contribution < 1.29 is 9.53 Å². The minimum absolute atomic E-state index is 0.00293. The third kappa shape index (κ3) is 4.72. The molecule has 0 bridgehead atoms.